The van der Waals surface area contributed by atoms with Crippen molar-refractivity contribution in [2.45, 2.75) is 64.6 Å². The van der Waals surface area contributed by atoms with Crippen LogP contribution in [0.15, 0.2) is 60.7 Å². The quantitative estimate of drug-likeness (QED) is 0.594. The maximum atomic E-state index is 9.78. The molecule has 0 aliphatic rings. The Labute approximate surface area is 152 Å². The Balaban J connectivity index is 2.51. The number of benzene rings is 2. The highest BCUT2D eigenvalue weighted by atomic mass is 16.5. The van der Waals surface area contributed by atoms with Gasteiger partial charge in [-0.25, -0.2) is 0 Å². The van der Waals surface area contributed by atoms with E-state index < -0.39 is 6.29 Å². The summed E-state index contributed by atoms with van der Waals surface area (Å²) in [5.41, 5.74) is 2.49. The van der Waals surface area contributed by atoms with Gasteiger partial charge < -0.3 is 10.2 Å². The van der Waals surface area contributed by atoms with Gasteiger partial charge in [-0.1, -0.05) is 87.9 Å². The number of rotatable bonds is 9. The van der Waals surface area contributed by atoms with Crippen LogP contribution in [0.5, 0.6) is 0 Å². The third-order valence-corrected chi connectivity index (χ3v) is 5.78. The molecule has 2 nitrogen and oxygen atoms in total. The van der Waals surface area contributed by atoms with Crippen molar-refractivity contribution in [3.8, 4) is 0 Å². The van der Waals surface area contributed by atoms with E-state index in [-0.39, 0.29) is 11.3 Å². The first-order valence-electron chi connectivity index (χ1n) is 9.48. The molecule has 0 fully saturated rings. The number of aliphatic hydroxyl groups excluding tert-OH is 1. The zero-order chi connectivity index (χ0) is 18.3. The highest BCUT2D eigenvalue weighted by Gasteiger charge is 2.41. The van der Waals surface area contributed by atoms with Gasteiger partial charge in [-0.05, 0) is 41.2 Å². The van der Waals surface area contributed by atoms with Crippen molar-refractivity contribution < 1.29 is 10.2 Å². The molecular formula is C23H32O2. The molecule has 0 bridgehead atoms. The first-order chi connectivity index (χ1) is 12.0. The number of hydrogen-bond donors (Lipinski definition) is 2. The van der Waals surface area contributed by atoms with Crippen LogP contribution in [-0.4, -0.2) is 16.5 Å². The van der Waals surface area contributed by atoms with Crippen LogP contribution in [-0.2, 0) is 0 Å². The van der Waals surface area contributed by atoms with Gasteiger partial charge >= 0.3 is 0 Å². The minimum absolute atomic E-state index is 0.0531. The largest absolute Gasteiger partial charge is 0.368 e. The van der Waals surface area contributed by atoms with Gasteiger partial charge in [-0.15, -0.1) is 0 Å². The lowest BCUT2D eigenvalue weighted by Gasteiger charge is -2.45. The molecule has 0 heterocycles. The molecule has 0 saturated carbocycles. The standard InChI is InChI=1S/C23H32O2/c1-4-12-20(18-13-8-6-9-14-18)23(3,5-2)21(17-22(24)25)19-15-10-7-11-16-19/h6-11,13-16,20-22,24-25H,4-5,12,17H2,1-3H3. The SMILES string of the molecule is CCCC(c1ccccc1)C(C)(CC)C(CC(O)O)c1ccccc1. The average molecular weight is 341 g/mol. The first-order valence-corrected chi connectivity index (χ1v) is 9.48. The van der Waals surface area contributed by atoms with Crippen molar-refractivity contribution in [2.75, 3.05) is 0 Å². The summed E-state index contributed by atoms with van der Waals surface area (Å²) < 4.78 is 0. The van der Waals surface area contributed by atoms with E-state index in [2.05, 4.69) is 63.2 Å². The second-order valence-electron chi connectivity index (χ2n) is 7.29. The van der Waals surface area contributed by atoms with E-state index in [0.29, 0.717) is 12.3 Å². The van der Waals surface area contributed by atoms with Crippen LogP contribution in [0.3, 0.4) is 0 Å². The van der Waals surface area contributed by atoms with Crippen LogP contribution in [0.4, 0.5) is 0 Å². The Morgan fingerprint density at radius 2 is 1.28 bits per heavy atom. The maximum Gasteiger partial charge on any atom is 0.152 e. The second kappa shape index (κ2) is 9.17. The molecule has 0 saturated heterocycles. The molecule has 0 aliphatic carbocycles. The molecule has 3 atom stereocenters. The molecule has 0 radical (unpaired) electrons. The summed E-state index contributed by atoms with van der Waals surface area (Å²) in [6.45, 7) is 6.77. The van der Waals surface area contributed by atoms with Crippen molar-refractivity contribution in [2.24, 2.45) is 5.41 Å². The molecule has 0 aliphatic heterocycles. The molecule has 25 heavy (non-hydrogen) atoms. The average Bonchev–Trinajstić information content (AvgIpc) is 2.65. The van der Waals surface area contributed by atoms with Crippen molar-refractivity contribution in [3.63, 3.8) is 0 Å². The fourth-order valence-electron chi connectivity index (χ4n) is 4.27. The van der Waals surface area contributed by atoms with Crippen LogP contribution in [0.1, 0.15) is 69.4 Å². The molecule has 3 unspecified atom stereocenters. The van der Waals surface area contributed by atoms with E-state index >= 15 is 0 Å². The molecule has 2 aromatic rings. The van der Waals surface area contributed by atoms with E-state index in [1.165, 1.54) is 11.1 Å². The van der Waals surface area contributed by atoms with Crippen molar-refractivity contribution in [3.05, 3.63) is 71.8 Å². The van der Waals surface area contributed by atoms with Crippen LogP contribution in [0, 0.1) is 5.41 Å². The normalized spacial score (nSPS) is 16.4. The lowest BCUT2D eigenvalue weighted by molar-refractivity contribution is -0.0613. The molecule has 2 N–H and O–H groups in total. The van der Waals surface area contributed by atoms with Crippen LogP contribution >= 0.6 is 0 Å². The van der Waals surface area contributed by atoms with Gasteiger partial charge in [0.1, 0.15) is 0 Å². The van der Waals surface area contributed by atoms with Gasteiger partial charge in [-0.2, -0.15) is 0 Å². The monoisotopic (exact) mass is 340 g/mol. The van der Waals surface area contributed by atoms with Crippen molar-refractivity contribution >= 4 is 0 Å². The Morgan fingerprint density at radius 1 is 0.800 bits per heavy atom. The third kappa shape index (κ3) is 4.71. The first kappa shape index (κ1) is 19.7. The highest BCUT2D eigenvalue weighted by Crippen LogP contribution is 2.52. The zero-order valence-corrected chi connectivity index (χ0v) is 15.7. The Hall–Kier alpha value is -1.64. The smallest absolute Gasteiger partial charge is 0.152 e. The Bertz CT molecular complexity index is 609. The van der Waals surface area contributed by atoms with Crippen LogP contribution < -0.4 is 0 Å². The summed E-state index contributed by atoms with van der Waals surface area (Å²) in [5.74, 6) is 0.475. The van der Waals surface area contributed by atoms with E-state index in [1.807, 2.05) is 18.2 Å². The summed E-state index contributed by atoms with van der Waals surface area (Å²) in [4.78, 5) is 0. The zero-order valence-electron chi connectivity index (χ0n) is 15.7. The highest BCUT2D eigenvalue weighted by molar-refractivity contribution is 5.28. The summed E-state index contributed by atoms with van der Waals surface area (Å²) in [5, 5.41) is 19.6. The Kier molecular flexibility index (Phi) is 7.22. The van der Waals surface area contributed by atoms with Gasteiger partial charge in [0.25, 0.3) is 0 Å². The summed E-state index contributed by atoms with van der Waals surface area (Å²) in [6, 6.07) is 21.0. The summed E-state index contributed by atoms with van der Waals surface area (Å²) >= 11 is 0. The topological polar surface area (TPSA) is 40.5 Å². The molecule has 136 valence electrons. The fraction of sp³-hybridized carbons (Fsp3) is 0.478. The predicted molar refractivity (Wildman–Crippen MR) is 105 cm³/mol. The predicted octanol–water partition coefficient (Wildman–Crippen LogP) is 5.47. The summed E-state index contributed by atoms with van der Waals surface area (Å²) in [7, 11) is 0. The van der Waals surface area contributed by atoms with Crippen LogP contribution in [0.2, 0.25) is 0 Å². The molecule has 2 heteroatoms. The molecule has 0 spiro atoms. The molecule has 0 amide bonds. The molecule has 2 rings (SSSR count). The van der Waals surface area contributed by atoms with E-state index in [4.69, 9.17) is 0 Å². The second-order valence-corrected chi connectivity index (χ2v) is 7.29. The third-order valence-electron chi connectivity index (χ3n) is 5.78. The van der Waals surface area contributed by atoms with Crippen molar-refractivity contribution in [1.29, 1.82) is 0 Å². The van der Waals surface area contributed by atoms with E-state index in [9.17, 15) is 10.2 Å². The molecule has 2 aromatic carbocycles. The lowest BCUT2D eigenvalue weighted by Crippen LogP contribution is -2.34. The molecular weight excluding hydrogens is 308 g/mol. The maximum absolute atomic E-state index is 9.78. The number of aliphatic hydroxyl groups is 2. The van der Waals surface area contributed by atoms with Gasteiger partial charge in [0, 0.05) is 6.42 Å². The van der Waals surface area contributed by atoms with Gasteiger partial charge in [-0.3, -0.25) is 0 Å². The number of hydrogen-bond acceptors (Lipinski definition) is 2. The van der Waals surface area contributed by atoms with E-state index in [0.717, 1.165) is 19.3 Å². The van der Waals surface area contributed by atoms with Gasteiger partial charge in [0.05, 0.1) is 0 Å². The lowest BCUT2D eigenvalue weighted by atomic mass is 9.60. The molecule has 0 aromatic heterocycles. The Morgan fingerprint density at radius 3 is 1.68 bits per heavy atom. The summed E-state index contributed by atoms with van der Waals surface area (Å²) in [6.07, 6.45) is 2.26. The minimum Gasteiger partial charge on any atom is -0.368 e. The minimum atomic E-state index is -1.30. The van der Waals surface area contributed by atoms with Gasteiger partial charge in [0.15, 0.2) is 6.29 Å². The van der Waals surface area contributed by atoms with E-state index in [1.54, 1.807) is 0 Å². The van der Waals surface area contributed by atoms with Gasteiger partial charge in [0.2, 0.25) is 0 Å². The van der Waals surface area contributed by atoms with Crippen LogP contribution in [0.25, 0.3) is 0 Å². The van der Waals surface area contributed by atoms with Crippen molar-refractivity contribution in [1.82, 2.24) is 0 Å². The fourth-order valence-corrected chi connectivity index (χ4v) is 4.27.